The highest BCUT2D eigenvalue weighted by atomic mass is 32.2. The van der Waals surface area contributed by atoms with E-state index in [-0.39, 0.29) is 6.54 Å². The number of nitrogen functional groups attached to an aromatic ring is 1. The minimum atomic E-state index is -3.56. The summed E-state index contributed by atoms with van der Waals surface area (Å²) in [4.78, 5) is 0. The van der Waals surface area contributed by atoms with Crippen molar-refractivity contribution in [1.29, 1.82) is 0 Å². The number of benzene rings is 1. The summed E-state index contributed by atoms with van der Waals surface area (Å²) in [5.41, 5.74) is 6.44. The van der Waals surface area contributed by atoms with Crippen LogP contribution in [0.4, 0.5) is 11.4 Å². The largest absolute Gasteiger partial charge is 0.399 e. The Hall–Kier alpha value is -1.31. The van der Waals surface area contributed by atoms with E-state index in [1.165, 1.54) is 13.2 Å². The monoisotopic (exact) mass is 245 g/mol. The Morgan fingerprint density at radius 3 is 2.81 bits per heavy atom. The number of ether oxygens (including phenoxy) is 1. The van der Waals surface area contributed by atoms with E-state index in [0.717, 1.165) is 0 Å². The van der Waals surface area contributed by atoms with Crippen molar-refractivity contribution in [1.82, 2.24) is 4.72 Å². The topological polar surface area (TPSA) is 93.4 Å². The Morgan fingerprint density at radius 2 is 2.19 bits per heavy atom. The van der Waals surface area contributed by atoms with Crippen LogP contribution in [0.1, 0.15) is 0 Å². The lowest BCUT2D eigenvalue weighted by Crippen LogP contribution is -2.32. The van der Waals surface area contributed by atoms with Gasteiger partial charge in [0.15, 0.2) is 0 Å². The number of rotatable bonds is 6. The van der Waals surface area contributed by atoms with Crippen LogP contribution in [0.2, 0.25) is 0 Å². The molecule has 0 aliphatic carbocycles. The number of anilines is 2. The third kappa shape index (κ3) is 4.47. The van der Waals surface area contributed by atoms with E-state index >= 15 is 0 Å². The molecule has 0 bridgehead atoms. The van der Waals surface area contributed by atoms with Gasteiger partial charge in [0.1, 0.15) is 0 Å². The summed E-state index contributed by atoms with van der Waals surface area (Å²) in [7, 11) is -2.06. The average Bonchev–Trinajstić information content (AvgIpc) is 2.17. The van der Waals surface area contributed by atoms with Crippen LogP contribution in [0, 0.1) is 0 Å². The van der Waals surface area contributed by atoms with Crippen molar-refractivity contribution in [2.45, 2.75) is 0 Å². The maximum atomic E-state index is 11.5. The molecule has 0 aliphatic heterocycles. The summed E-state index contributed by atoms with van der Waals surface area (Å²) in [5, 5.41) is 0. The van der Waals surface area contributed by atoms with Gasteiger partial charge in [-0.2, -0.15) is 13.1 Å². The highest BCUT2D eigenvalue weighted by molar-refractivity contribution is 7.90. The van der Waals surface area contributed by atoms with Crippen molar-refractivity contribution in [3.63, 3.8) is 0 Å². The van der Waals surface area contributed by atoms with Crippen LogP contribution in [0.15, 0.2) is 24.3 Å². The SMILES string of the molecule is COCCNS(=O)(=O)Nc1cccc(N)c1. The molecule has 0 spiro atoms. The van der Waals surface area contributed by atoms with Crippen LogP contribution >= 0.6 is 0 Å². The van der Waals surface area contributed by atoms with Crippen LogP contribution in [-0.2, 0) is 14.9 Å². The fourth-order valence-electron chi connectivity index (χ4n) is 1.07. The molecule has 1 aromatic carbocycles. The maximum absolute atomic E-state index is 11.5. The second-order valence-corrected chi connectivity index (χ2v) is 4.62. The maximum Gasteiger partial charge on any atom is 0.299 e. The van der Waals surface area contributed by atoms with Crippen molar-refractivity contribution in [3.8, 4) is 0 Å². The van der Waals surface area contributed by atoms with Crippen molar-refractivity contribution in [2.24, 2.45) is 0 Å². The quantitative estimate of drug-likeness (QED) is 0.491. The average molecular weight is 245 g/mol. The molecule has 1 rings (SSSR count). The van der Waals surface area contributed by atoms with E-state index in [4.69, 9.17) is 10.5 Å². The third-order valence-corrected chi connectivity index (χ3v) is 2.83. The zero-order chi connectivity index (χ0) is 12.0. The molecule has 0 amide bonds. The number of hydrogen-bond donors (Lipinski definition) is 3. The summed E-state index contributed by atoms with van der Waals surface area (Å²) in [6, 6.07) is 6.50. The third-order valence-electron chi connectivity index (χ3n) is 1.74. The van der Waals surface area contributed by atoms with E-state index in [0.29, 0.717) is 18.0 Å². The standard InChI is InChI=1S/C9H15N3O3S/c1-15-6-5-11-16(13,14)12-9-4-2-3-8(10)7-9/h2-4,7,11-12H,5-6,10H2,1H3. The Labute approximate surface area is 95.0 Å². The number of methoxy groups -OCH3 is 1. The Morgan fingerprint density at radius 1 is 1.44 bits per heavy atom. The first-order valence-corrected chi connectivity index (χ1v) is 6.14. The van der Waals surface area contributed by atoms with Gasteiger partial charge < -0.3 is 10.5 Å². The van der Waals surface area contributed by atoms with Gasteiger partial charge in [0.25, 0.3) is 10.2 Å². The lowest BCUT2D eigenvalue weighted by atomic mass is 10.3. The number of nitrogens with one attached hydrogen (secondary N) is 2. The van der Waals surface area contributed by atoms with Crippen LogP contribution in [0.25, 0.3) is 0 Å². The van der Waals surface area contributed by atoms with Gasteiger partial charge in [-0.3, -0.25) is 4.72 Å². The van der Waals surface area contributed by atoms with E-state index in [1.54, 1.807) is 18.2 Å². The second kappa shape index (κ2) is 5.69. The molecule has 0 atom stereocenters. The molecule has 0 aromatic heterocycles. The highest BCUT2D eigenvalue weighted by Crippen LogP contribution is 2.12. The molecule has 0 aliphatic rings. The van der Waals surface area contributed by atoms with Crippen LogP contribution < -0.4 is 15.2 Å². The predicted octanol–water partition coefficient (Wildman–Crippen LogP) is 0.161. The van der Waals surface area contributed by atoms with Crippen molar-refractivity contribution in [2.75, 3.05) is 30.7 Å². The van der Waals surface area contributed by atoms with Crippen LogP contribution in [-0.4, -0.2) is 28.7 Å². The van der Waals surface area contributed by atoms with E-state index in [9.17, 15) is 8.42 Å². The molecule has 7 heteroatoms. The van der Waals surface area contributed by atoms with Gasteiger partial charge >= 0.3 is 0 Å². The Kier molecular flexibility index (Phi) is 4.53. The van der Waals surface area contributed by atoms with E-state index < -0.39 is 10.2 Å². The molecule has 0 fully saturated rings. The second-order valence-electron chi connectivity index (χ2n) is 3.12. The molecule has 6 nitrogen and oxygen atoms in total. The van der Waals surface area contributed by atoms with Gasteiger partial charge in [0, 0.05) is 19.3 Å². The molecular formula is C9H15N3O3S. The van der Waals surface area contributed by atoms with Crippen molar-refractivity contribution in [3.05, 3.63) is 24.3 Å². The summed E-state index contributed by atoms with van der Waals surface area (Å²) in [6.45, 7) is 0.534. The first kappa shape index (κ1) is 12.8. The Balaban J connectivity index is 2.59. The lowest BCUT2D eigenvalue weighted by molar-refractivity contribution is 0.204. The van der Waals surface area contributed by atoms with Gasteiger partial charge in [-0.25, -0.2) is 0 Å². The molecular weight excluding hydrogens is 230 g/mol. The molecule has 0 saturated heterocycles. The first-order valence-electron chi connectivity index (χ1n) is 4.65. The van der Waals surface area contributed by atoms with Crippen LogP contribution in [0.5, 0.6) is 0 Å². The molecule has 1 aromatic rings. The Bertz CT molecular complexity index is 433. The van der Waals surface area contributed by atoms with Gasteiger partial charge in [-0.15, -0.1) is 0 Å². The van der Waals surface area contributed by atoms with Gasteiger partial charge in [0.05, 0.1) is 12.3 Å². The highest BCUT2D eigenvalue weighted by Gasteiger charge is 2.08. The van der Waals surface area contributed by atoms with E-state index in [2.05, 4.69) is 9.44 Å². The molecule has 16 heavy (non-hydrogen) atoms. The fraction of sp³-hybridized carbons (Fsp3) is 0.333. The fourth-order valence-corrected chi connectivity index (χ4v) is 1.93. The first-order chi connectivity index (χ1) is 7.53. The minimum Gasteiger partial charge on any atom is -0.399 e. The zero-order valence-corrected chi connectivity index (χ0v) is 9.75. The lowest BCUT2D eigenvalue weighted by Gasteiger charge is -2.09. The summed E-state index contributed by atoms with van der Waals surface area (Å²) in [5.74, 6) is 0. The smallest absolute Gasteiger partial charge is 0.299 e. The summed E-state index contributed by atoms with van der Waals surface area (Å²) in [6.07, 6.45) is 0. The number of nitrogens with two attached hydrogens (primary N) is 1. The molecule has 0 unspecified atom stereocenters. The van der Waals surface area contributed by atoms with Crippen LogP contribution in [0.3, 0.4) is 0 Å². The van der Waals surface area contributed by atoms with Gasteiger partial charge in [-0.1, -0.05) is 6.07 Å². The zero-order valence-electron chi connectivity index (χ0n) is 8.93. The van der Waals surface area contributed by atoms with Crippen molar-refractivity contribution < 1.29 is 13.2 Å². The van der Waals surface area contributed by atoms with Gasteiger partial charge in [0.2, 0.25) is 0 Å². The molecule has 0 heterocycles. The number of hydrogen-bond acceptors (Lipinski definition) is 4. The molecule has 4 N–H and O–H groups in total. The molecule has 90 valence electrons. The van der Waals surface area contributed by atoms with Gasteiger partial charge in [-0.05, 0) is 18.2 Å². The molecule has 0 radical (unpaired) electrons. The summed E-state index contributed by atoms with van der Waals surface area (Å²) < 4.78 is 32.3. The minimum absolute atomic E-state index is 0.216. The van der Waals surface area contributed by atoms with E-state index in [1.807, 2.05) is 0 Å². The normalized spacial score (nSPS) is 11.3. The predicted molar refractivity (Wildman–Crippen MR) is 63.3 cm³/mol. The molecule has 0 saturated carbocycles. The summed E-state index contributed by atoms with van der Waals surface area (Å²) >= 11 is 0. The van der Waals surface area contributed by atoms with Crippen molar-refractivity contribution >= 4 is 21.6 Å².